The summed E-state index contributed by atoms with van der Waals surface area (Å²) >= 11 is 6.78. The Bertz CT molecular complexity index is 416. The van der Waals surface area contributed by atoms with Gasteiger partial charge in [-0.2, -0.15) is 0 Å². The minimum absolute atomic E-state index is 0. The molecule has 0 aliphatic rings. The minimum atomic E-state index is -0.0971. The van der Waals surface area contributed by atoms with Crippen LogP contribution in [0, 0.1) is 5.92 Å². The average molecular weight is 404 g/mol. The summed E-state index contributed by atoms with van der Waals surface area (Å²) in [6, 6.07) is 1.68. The van der Waals surface area contributed by atoms with Crippen LogP contribution in [0.25, 0.3) is 0 Å². The van der Waals surface area contributed by atoms with Gasteiger partial charge >= 0.3 is 0 Å². The first-order valence-electron chi connectivity index (χ1n) is 5.44. The van der Waals surface area contributed by atoms with Crippen molar-refractivity contribution in [3.8, 4) is 11.5 Å². The summed E-state index contributed by atoms with van der Waals surface area (Å²) in [5.41, 5.74) is 7.14. The first-order valence-corrected chi connectivity index (χ1v) is 7.03. The minimum Gasteiger partial charge on any atom is -0.503 e. The fourth-order valence-electron chi connectivity index (χ4n) is 1.57. The Kier molecular flexibility index (Phi) is 7.59. The topological polar surface area (TPSA) is 55.5 Å². The summed E-state index contributed by atoms with van der Waals surface area (Å²) in [5.74, 6) is 0.862. The number of halogens is 3. The Hall–Kier alpha value is 0.0300. The zero-order chi connectivity index (χ0) is 13.2. The maximum atomic E-state index is 9.84. The third kappa shape index (κ3) is 3.53. The maximum Gasteiger partial charge on any atom is 0.173 e. The molecular formula is C12H18Br2ClNO2. The lowest BCUT2D eigenvalue weighted by molar-refractivity contribution is 0.368. The SMILES string of the molecule is CCC(C)[C@@H](N)c1cc(OC)c(O)c(Br)c1Br.Cl. The summed E-state index contributed by atoms with van der Waals surface area (Å²) in [6.07, 6.45) is 0.994. The predicted molar refractivity (Wildman–Crippen MR) is 83.7 cm³/mol. The second-order valence-electron chi connectivity index (χ2n) is 4.06. The highest BCUT2D eigenvalue weighted by molar-refractivity contribution is 9.13. The van der Waals surface area contributed by atoms with E-state index in [4.69, 9.17) is 10.5 Å². The number of nitrogens with two attached hydrogens (primary N) is 1. The molecule has 0 aliphatic heterocycles. The van der Waals surface area contributed by atoms with Crippen molar-refractivity contribution in [3.05, 3.63) is 20.6 Å². The van der Waals surface area contributed by atoms with Crippen molar-refractivity contribution in [1.82, 2.24) is 0 Å². The van der Waals surface area contributed by atoms with Crippen molar-refractivity contribution in [3.63, 3.8) is 0 Å². The van der Waals surface area contributed by atoms with Gasteiger partial charge in [0.05, 0.1) is 11.6 Å². The van der Waals surface area contributed by atoms with Crippen LogP contribution in [-0.4, -0.2) is 12.2 Å². The van der Waals surface area contributed by atoms with E-state index >= 15 is 0 Å². The van der Waals surface area contributed by atoms with E-state index in [1.807, 2.05) is 0 Å². The summed E-state index contributed by atoms with van der Waals surface area (Å²) in [5, 5.41) is 9.84. The van der Waals surface area contributed by atoms with Crippen LogP contribution < -0.4 is 10.5 Å². The van der Waals surface area contributed by atoms with Crippen molar-refractivity contribution in [2.75, 3.05) is 7.11 Å². The third-order valence-electron chi connectivity index (χ3n) is 3.01. The number of phenols is 1. The first kappa shape index (κ1) is 18.0. The molecule has 1 aromatic rings. The fraction of sp³-hybridized carbons (Fsp3) is 0.500. The maximum absolute atomic E-state index is 9.84. The van der Waals surface area contributed by atoms with E-state index in [-0.39, 0.29) is 24.2 Å². The molecular weight excluding hydrogens is 385 g/mol. The Morgan fingerprint density at radius 2 is 1.94 bits per heavy atom. The molecule has 18 heavy (non-hydrogen) atoms. The van der Waals surface area contributed by atoms with Gasteiger partial charge in [0, 0.05) is 10.5 Å². The highest BCUT2D eigenvalue weighted by atomic mass is 79.9. The van der Waals surface area contributed by atoms with Gasteiger partial charge < -0.3 is 15.6 Å². The van der Waals surface area contributed by atoms with E-state index in [1.165, 1.54) is 7.11 Å². The quantitative estimate of drug-likeness (QED) is 0.784. The first-order chi connectivity index (χ1) is 7.93. The molecule has 0 amide bonds. The molecule has 0 aliphatic carbocycles. The third-order valence-corrected chi connectivity index (χ3v) is 5.17. The van der Waals surface area contributed by atoms with Crippen LogP contribution in [0.4, 0.5) is 0 Å². The second-order valence-corrected chi connectivity index (χ2v) is 5.64. The smallest absolute Gasteiger partial charge is 0.173 e. The number of hydrogen-bond acceptors (Lipinski definition) is 3. The number of rotatable bonds is 4. The van der Waals surface area contributed by atoms with E-state index in [9.17, 15) is 5.11 Å². The lowest BCUT2D eigenvalue weighted by atomic mass is 9.93. The number of ether oxygens (including phenoxy) is 1. The van der Waals surface area contributed by atoms with Gasteiger partial charge in [-0.15, -0.1) is 12.4 Å². The molecule has 0 spiro atoms. The van der Waals surface area contributed by atoms with Crippen LogP contribution >= 0.6 is 44.3 Å². The predicted octanol–water partition coefficient (Wildman–Crippen LogP) is 4.39. The molecule has 0 fully saturated rings. The van der Waals surface area contributed by atoms with Gasteiger partial charge in [-0.3, -0.25) is 0 Å². The van der Waals surface area contributed by atoms with Gasteiger partial charge in [-0.1, -0.05) is 20.3 Å². The van der Waals surface area contributed by atoms with Crippen molar-refractivity contribution < 1.29 is 9.84 Å². The van der Waals surface area contributed by atoms with Gasteiger partial charge in [0.25, 0.3) is 0 Å². The van der Waals surface area contributed by atoms with E-state index in [2.05, 4.69) is 45.7 Å². The zero-order valence-electron chi connectivity index (χ0n) is 10.5. The summed E-state index contributed by atoms with van der Waals surface area (Å²) in [4.78, 5) is 0. The standard InChI is InChI=1S/C12H17Br2NO2.ClH/c1-4-6(2)11(15)7-5-8(17-3)12(16)10(14)9(7)13;/h5-6,11,16H,4,15H2,1-3H3;1H/t6?,11-;/m1./s1. The van der Waals surface area contributed by atoms with Crippen LogP contribution in [0.15, 0.2) is 15.0 Å². The van der Waals surface area contributed by atoms with Crippen molar-refractivity contribution in [2.24, 2.45) is 11.7 Å². The number of methoxy groups -OCH3 is 1. The average Bonchev–Trinajstić information content (AvgIpc) is 2.34. The second kappa shape index (κ2) is 7.58. The molecule has 3 N–H and O–H groups in total. The largest absolute Gasteiger partial charge is 0.503 e. The van der Waals surface area contributed by atoms with E-state index < -0.39 is 0 Å². The van der Waals surface area contributed by atoms with Gasteiger partial charge in [0.1, 0.15) is 0 Å². The number of phenolic OH excluding ortho intramolecular Hbond substituents is 1. The number of hydrogen-bond donors (Lipinski definition) is 2. The molecule has 6 heteroatoms. The van der Waals surface area contributed by atoms with Gasteiger partial charge in [-0.25, -0.2) is 0 Å². The molecule has 0 radical (unpaired) electrons. The fourth-order valence-corrected chi connectivity index (χ4v) is 2.56. The number of benzene rings is 1. The van der Waals surface area contributed by atoms with E-state index in [1.54, 1.807) is 6.07 Å². The Morgan fingerprint density at radius 1 is 1.39 bits per heavy atom. The van der Waals surface area contributed by atoms with Crippen LogP contribution in [0.3, 0.4) is 0 Å². The summed E-state index contributed by atoms with van der Waals surface area (Å²) < 4.78 is 6.48. The lowest BCUT2D eigenvalue weighted by Gasteiger charge is -2.22. The molecule has 3 nitrogen and oxygen atoms in total. The van der Waals surface area contributed by atoms with Crippen molar-refractivity contribution in [2.45, 2.75) is 26.3 Å². The summed E-state index contributed by atoms with van der Waals surface area (Å²) in [7, 11) is 1.52. The van der Waals surface area contributed by atoms with Crippen molar-refractivity contribution >= 4 is 44.3 Å². The molecule has 0 heterocycles. The Morgan fingerprint density at radius 3 is 2.39 bits per heavy atom. The zero-order valence-corrected chi connectivity index (χ0v) is 14.5. The monoisotopic (exact) mass is 401 g/mol. The highest BCUT2D eigenvalue weighted by Gasteiger charge is 2.21. The van der Waals surface area contributed by atoms with Crippen LogP contribution in [0.2, 0.25) is 0 Å². The molecule has 1 rings (SSSR count). The molecule has 0 bridgehead atoms. The normalized spacial score (nSPS) is 13.7. The van der Waals surface area contributed by atoms with Crippen LogP contribution in [0.1, 0.15) is 31.9 Å². The number of aromatic hydroxyl groups is 1. The lowest BCUT2D eigenvalue weighted by Crippen LogP contribution is -2.19. The molecule has 1 aromatic carbocycles. The van der Waals surface area contributed by atoms with Crippen LogP contribution in [-0.2, 0) is 0 Å². The molecule has 0 aromatic heterocycles. The van der Waals surface area contributed by atoms with Gasteiger partial charge in [-0.05, 0) is 49.4 Å². The Balaban J connectivity index is 0.00000289. The molecule has 104 valence electrons. The van der Waals surface area contributed by atoms with E-state index in [0.29, 0.717) is 16.1 Å². The van der Waals surface area contributed by atoms with Crippen molar-refractivity contribution in [1.29, 1.82) is 0 Å². The summed E-state index contributed by atoms with van der Waals surface area (Å²) in [6.45, 7) is 4.20. The molecule has 0 saturated carbocycles. The Labute approximate surface area is 131 Å². The van der Waals surface area contributed by atoms with E-state index in [0.717, 1.165) is 16.5 Å². The van der Waals surface area contributed by atoms with Gasteiger partial charge in [0.2, 0.25) is 0 Å². The highest BCUT2D eigenvalue weighted by Crippen LogP contribution is 2.44. The molecule has 0 saturated heterocycles. The van der Waals surface area contributed by atoms with Gasteiger partial charge in [0.15, 0.2) is 11.5 Å². The molecule has 1 unspecified atom stereocenters. The molecule has 2 atom stereocenters. The van der Waals surface area contributed by atoms with Crippen LogP contribution in [0.5, 0.6) is 11.5 Å².